The molecule has 1 saturated carbocycles. The first-order chi connectivity index (χ1) is 8.70. The molecule has 0 aromatic heterocycles. The van der Waals surface area contributed by atoms with Gasteiger partial charge in [0.1, 0.15) is 0 Å². The van der Waals surface area contributed by atoms with E-state index < -0.39 is 6.10 Å². The van der Waals surface area contributed by atoms with Crippen molar-refractivity contribution in [3.8, 4) is 0 Å². The van der Waals surface area contributed by atoms with Gasteiger partial charge < -0.3 is 10.4 Å². The predicted molar refractivity (Wildman–Crippen MR) is 71.1 cm³/mol. The molecule has 0 heterocycles. The first kappa shape index (κ1) is 13.1. The smallest absolute Gasteiger partial charge is 0.223 e. The summed E-state index contributed by atoms with van der Waals surface area (Å²) in [6, 6.07) is 7.98. The van der Waals surface area contributed by atoms with Crippen LogP contribution >= 0.6 is 0 Å². The van der Waals surface area contributed by atoms with E-state index >= 15 is 0 Å². The molecule has 0 aliphatic heterocycles. The van der Waals surface area contributed by atoms with Crippen molar-refractivity contribution in [3.05, 3.63) is 35.4 Å². The van der Waals surface area contributed by atoms with Crippen LogP contribution < -0.4 is 5.32 Å². The zero-order valence-electron chi connectivity index (χ0n) is 10.9. The molecule has 0 bridgehead atoms. The lowest BCUT2D eigenvalue weighted by atomic mass is 10.0. The highest BCUT2D eigenvalue weighted by Gasteiger charge is 2.29. The quantitative estimate of drug-likeness (QED) is 0.809. The molecule has 1 aromatic rings. The predicted octanol–water partition coefficient (Wildman–Crippen LogP) is 2.20. The molecule has 1 aliphatic carbocycles. The van der Waals surface area contributed by atoms with Crippen LogP contribution in [0.3, 0.4) is 0 Å². The maximum absolute atomic E-state index is 11.5. The number of aliphatic hydroxyl groups excluding tert-OH is 1. The summed E-state index contributed by atoms with van der Waals surface area (Å²) in [7, 11) is 0. The normalized spacial score (nSPS) is 16.3. The summed E-state index contributed by atoms with van der Waals surface area (Å²) in [4.78, 5) is 11.5. The van der Waals surface area contributed by atoms with E-state index in [-0.39, 0.29) is 11.8 Å². The SMILES string of the molecule is CCCc1ccc(C(O)CNC(=O)C2CC2)cc1. The van der Waals surface area contributed by atoms with Gasteiger partial charge in [-0.3, -0.25) is 4.79 Å². The summed E-state index contributed by atoms with van der Waals surface area (Å²) in [5.41, 5.74) is 2.15. The highest BCUT2D eigenvalue weighted by molar-refractivity contribution is 5.80. The van der Waals surface area contributed by atoms with Crippen LogP contribution in [0.2, 0.25) is 0 Å². The minimum Gasteiger partial charge on any atom is -0.387 e. The summed E-state index contributed by atoms with van der Waals surface area (Å²) in [6.07, 6.45) is 3.57. The fourth-order valence-corrected chi connectivity index (χ4v) is 2.00. The van der Waals surface area contributed by atoms with Crippen LogP contribution in [0, 0.1) is 5.92 Å². The van der Waals surface area contributed by atoms with Gasteiger partial charge in [-0.05, 0) is 30.4 Å². The molecule has 3 heteroatoms. The molecular weight excluding hydrogens is 226 g/mol. The van der Waals surface area contributed by atoms with Gasteiger partial charge in [0.25, 0.3) is 0 Å². The van der Waals surface area contributed by atoms with E-state index in [1.54, 1.807) is 0 Å². The van der Waals surface area contributed by atoms with Gasteiger partial charge in [0.05, 0.1) is 6.10 Å². The highest BCUT2D eigenvalue weighted by Crippen LogP contribution is 2.28. The second kappa shape index (κ2) is 6.01. The van der Waals surface area contributed by atoms with E-state index in [4.69, 9.17) is 0 Å². The third-order valence-electron chi connectivity index (χ3n) is 3.32. The highest BCUT2D eigenvalue weighted by atomic mass is 16.3. The number of aliphatic hydroxyl groups is 1. The van der Waals surface area contributed by atoms with Crippen molar-refractivity contribution in [2.24, 2.45) is 5.92 Å². The Balaban J connectivity index is 1.83. The number of rotatable bonds is 6. The van der Waals surface area contributed by atoms with E-state index in [2.05, 4.69) is 12.2 Å². The molecule has 18 heavy (non-hydrogen) atoms. The van der Waals surface area contributed by atoms with Crippen molar-refractivity contribution in [2.75, 3.05) is 6.54 Å². The third-order valence-corrected chi connectivity index (χ3v) is 3.32. The number of benzene rings is 1. The Labute approximate surface area is 108 Å². The summed E-state index contributed by atoms with van der Waals surface area (Å²) < 4.78 is 0. The van der Waals surface area contributed by atoms with E-state index in [1.165, 1.54) is 5.56 Å². The molecule has 98 valence electrons. The Bertz CT molecular complexity index is 395. The van der Waals surface area contributed by atoms with Crippen LogP contribution in [0.5, 0.6) is 0 Å². The lowest BCUT2D eigenvalue weighted by Gasteiger charge is -2.12. The molecule has 1 aromatic carbocycles. The largest absolute Gasteiger partial charge is 0.387 e. The summed E-state index contributed by atoms with van der Waals surface area (Å²) >= 11 is 0. The maximum Gasteiger partial charge on any atom is 0.223 e. The van der Waals surface area contributed by atoms with Crippen molar-refractivity contribution >= 4 is 5.91 Å². The van der Waals surface area contributed by atoms with Crippen molar-refractivity contribution in [1.82, 2.24) is 5.32 Å². The molecule has 2 rings (SSSR count). The molecule has 2 N–H and O–H groups in total. The average molecular weight is 247 g/mol. The lowest BCUT2D eigenvalue weighted by molar-refractivity contribution is -0.122. The van der Waals surface area contributed by atoms with Crippen LogP contribution in [0.15, 0.2) is 24.3 Å². The average Bonchev–Trinajstić information content (AvgIpc) is 3.21. The van der Waals surface area contributed by atoms with E-state index in [0.717, 1.165) is 31.2 Å². The van der Waals surface area contributed by atoms with Gasteiger partial charge in [-0.2, -0.15) is 0 Å². The van der Waals surface area contributed by atoms with Crippen LogP contribution in [0.1, 0.15) is 43.4 Å². The maximum atomic E-state index is 11.5. The summed E-state index contributed by atoms with van der Waals surface area (Å²) in [6.45, 7) is 2.46. The van der Waals surface area contributed by atoms with Crippen molar-refractivity contribution in [2.45, 2.75) is 38.7 Å². The Kier molecular flexibility index (Phi) is 4.37. The van der Waals surface area contributed by atoms with Crippen LogP contribution in [-0.2, 0) is 11.2 Å². The second-order valence-corrected chi connectivity index (χ2v) is 5.03. The van der Waals surface area contributed by atoms with Crippen molar-refractivity contribution in [1.29, 1.82) is 0 Å². The summed E-state index contributed by atoms with van der Waals surface area (Å²) in [5.74, 6) is 0.279. The van der Waals surface area contributed by atoms with Crippen LogP contribution in [0.25, 0.3) is 0 Å². The van der Waals surface area contributed by atoms with E-state index in [1.807, 2.05) is 24.3 Å². The fourth-order valence-electron chi connectivity index (χ4n) is 2.00. The molecule has 1 atom stereocenters. The second-order valence-electron chi connectivity index (χ2n) is 5.03. The van der Waals surface area contributed by atoms with Gasteiger partial charge in [-0.1, -0.05) is 37.6 Å². The zero-order valence-corrected chi connectivity index (χ0v) is 10.9. The Morgan fingerprint density at radius 3 is 2.61 bits per heavy atom. The number of nitrogens with one attached hydrogen (secondary N) is 1. The standard InChI is InChI=1S/C15H21NO2/c1-2-3-11-4-6-12(7-5-11)14(17)10-16-15(18)13-8-9-13/h4-7,13-14,17H,2-3,8-10H2,1H3,(H,16,18). The first-order valence-electron chi connectivity index (χ1n) is 6.75. The minimum atomic E-state index is -0.608. The van der Waals surface area contributed by atoms with Crippen LogP contribution in [-0.4, -0.2) is 17.6 Å². The minimum absolute atomic E-state index is 0.0802. The third kappa shape index (κ3) is 3.57. The lowest BCUT2D eigenvalue weighted by Crippen LogP contribution is -2.29. The van der Waals surface area contributed by atoms with Gasteiger partial charge in [0.2, 0.25) is 5.91 Å². The molecule has 1 unspecified atom stereocenters. The topological polar surface area (TPSA) is 49.3 Å². The van der Waals surface area contributed by atoms with Crippen LogP contribution in [0.4, 0.5) is 0 Å². The molecule has 1 amide bonds. The van der Waals surface area contributed by atoms with E-state index in [9.17, 15) is 9.90 Å². The molecule has 1 fully saturated rings. The van der Waals surface area contributed by atoms with Crippen molar-refractivity contribution < 1.29 is 9.90 Å². The zero-order chi connectivity index (χ0) is 13.0. The van der Waals surface area contributed by atoms with Gasteiger partial charge in [-0.25, -0.2) is 0 Å². The Morgan fingerprint density at radius 1 is 1.39 bits per heavy atom. The van der Waals surface area contributed by atoms with Crippen molar-refractivity contribution in [3.63, 3.8) is 0 Å². The number of carbonyl (C=O) groups is 1. The molecule has 0 radical (unpaired) electrons. The van der Waals surface area contributed by atoms with Gasteiger partial charge in [0.15, 0.2) is 0 Å². The number of amides is 1. The molecule has 0 spiro atoms. The Morgan fingerprint density at radius 2 is 2.06 bits per heavy atom. The number of aryl methyl sites for hydroxylation is 1. The van der Waals surface area contributed by atoms with E-state index in [0.29, 0.717) is 6.54 Å². The van der Waals surface area contributed by atoms with Gasteiger partial charge in [-0.15, -0.1) is 0 Å². The number of hydrogen-bond donors (Lipinski definition) is 2. The Hall–Kier alpha value is -1.35. The molecule has 1 aliphatic rings. The number of carbonyl (C=O) groups excluding carboxylic acids is 1. The molecule has 0 saturated heterocycles. The monoisotopic (exact) mass is 247 g/mol. The molecular formula is C15H21NO2. The summed E-state index contributed by atoms with van der Waals surface area (Å²) in [5, 5.41) is 12.8. The van der Waals surface area contributed by atoms with Gasteiger partial charge in [0, 0.05) is 12.5 Å². The fraction of sp³-hybridized carbons (Fsp3) is 0.533. The first-order valence-corrected chi connectivity index (χ1v) is 6.75. The molecule has 3 nitrogen and oxygen atoms in total. The van der Waals surface area contributed by atoms with Gasteiger partial charge >= 0.3 is 0 Å². The number of hydrogen-bond acceptors (Lipinski definition) is 2.